The van der Waals surface area contributed by atoms with Crippen molar-refractivity contribution in [3.63, 3.8) is 0 Å². The van der Waals surface area contributed by atoms with E-state index >= 15 is 0 Å². The molecule has 1 heterocycles. The van der Waals surface area contributed by atoms with Gasteiger partial charge in [-0.3, -0.25) is 0 Å². The van der Waals surface area contributed by atoms with Gasteiger partial charge in [0.2, 0.25) is 0 Å². The highest BCUT2D eigenvalue weighted by Crippen LogP contribution is 2.52. The van der Waals surface area contributed by atoms with Crippen LogP contribution in [0.1, 0.15) is 56.9 Å². The van der Waals surface area contributed by atoms with E-state index in [0.29, 0.717) is 5.92 Å². The summed E-state index contributed by atoms with van der Waals surface area (Å²) >= 11 is 1.69. The molecule has 1 atom stereocenters. The number of aliphatic hydroxyl groups excluding tert-OH is 1. The molecule has 0 saturated heterocycles. The third kappa shape index (κ3) is 2.33. The molecule has 1 nitrogen and oxygen atoms in total. The van der Waals surface area contributed by atoms with Crippen molar-refractivity contribution >= 4 is 11.3 Å². The molecule has 90 valence electrons. The molecule has 1 aliphatic rings. The molecule has 2 heteroatoms. The molecule has 1 aromatic heterocycles. The second-order valence-corrected chi connectivity index (χ2v) is 6.56. The quantitative estimate of drug-likeness (QED) is 0.825. The summed E-state index contributed by atoms with van der Waals surface area (Å²) in [6.45, 7) is 4.53. The fraction of sp³-hybridized carbons (Fsp3) is 0.714. The maximum absolute atomic E-state index is 10.6. The fourth-order valence-electron chi connectivity index (χ4n) is 3.23. The smallest absolute Gasteiger partial charge is 0.0937 e. The number of hydrogen-bond acceptors (Lipinski definition) is 2. The maximum Gasteiger partial charge on any atom is 0.0937 e. The topological polar surface area (TPSA) is 20.2 Å². The van der Waals surface area contributed by atoms with Crippen LogP contribution in [0.2, 0.25) is 0 Å². The van der Waals surface area contributed by atoms with Gasteiger partial charge in [-0.25, -0.2) is 0 Å². The molecule has 0 radical (unpaired) electrons. The minimum Gasteiger partial charge on any atom is -0.387 e. The van der Waals surface area contributed by atoms with Gasteiger partial charge in [0.15, 0.2) is 0 Å². The first-order chi connectivity index (χ1) is 7.64. The molecule has 16 heavy (non-hydrogen) atoms. The molecule has 1 saturated carbocycles. The Hall–Kier alpha value is -0.340. The van der Waals surface area contributed by atoms with E-state index in [1.54, 1.807) is 11.3 Å². The molecular formula is C14H22OS. The lowest BCUT2D eigenvalue weighted by Crippen LogP contribution is -2.27. The van der Waals surface area contributed by atoms with Crippen molar-refractivity contribution in [1.29, 1.82) is 0 Å². The van der Waals surface area contributed by atoms with Crippen LogP contribution in [-0.4, -0.2) is 5.11 Å². The first kappa shape index (κ1) is 12.1. The third-order valence-corrected chi connectivity index (χ3v) is 4.73. The van der Waals surface area contributed by atoms with Crippen LogP contribution < -0.4 is 0 Å². The number of rotatable bonds is 4. The van der Waals surface area contributed by atoms with Crippen molar-refractivity contribution in [1.82, 2.24) is 0 Å². The highest BCUT2D eigenvalue weighted by molar-refractivity contribution is 7.10. The van der Waals surface area contributed by atoms with Crippen molar-refractivity contribution in [2.75, 3.05) is 0 Å². The monoisotopic (exact) mass is 238 g/mol. The van der Waals surface area contributed by atoms with Crippen molar-refractivity contribution < 1.29 is 5.11 Å². The van der Waals surface area contributed by atoms with Gasteiger partial charge in [-0.15, -0.1) is 11.3 Å². The van der Waals surface area contributed by atoms with E-state index in [4.69, 9.17) is 0 Å². The van der Waals surface area contributed by atoms with E-state index in [1.807, 2.05) is 6.07 Å². The number of aliphatic hydroxyl groups is 1. The minimum atomic E-state index is -0.239. The Labute approximate surface area is 103 Å². The Morgan fingerprint density at radius 3 is 2.56 bits per heavy atom. The van der Waals surface area contributed by atoms with Gasteiger partial charge in [0.05, 0.1) is 6.10 Å². The summed E-state index contributed by atoms with van der Waals surface area (Å²) in [4.78, 5) is 1.16. The normalized spacial score (nSPS) is 21.5. The summed E-state index contributed by atoms with van der Waals surface area (Å²) in [5, 5.41) is 12.7. The summed E-state index contributed by atoms with van der Waals surface area (Å²) in [5.74, 6) is 0.674. The van der Waals surface area contributed by atoms with Gasteiger partial charge in [0.1, 0.15) is 0 Å². The van der Waals surface area contributed by atoms with Gasteiger partial charge in [0, 0.05) is 10.3 Å². The van der Waals surface area contributed by atoms with E-state index in [1.165, 1.54) is 25.7 Å². The zero-order valence-corrected chi connectivity index (χ0v) is 11.1. The first-order valence-corrected chi connectivity index (χ1v) is 7.23. The molecule has 1 aromatic rings. The standard InChI is InChI=1S/C14H22OS/c1-11(2)10-14(7-3-4-8-14)13(15)12-6-5-9-16-12/h5-6,9,11,13,15H,3-4,7-8,10H2,1-2H3. The highest BCUT2D eigenvalue weighted by Gasteiger charge is 2.41. The lowest BCUT2D eigenvalue weighted by molar-refractivity contribution is 0.0138. The Morgan fingerprint density at radius 2 is 2.06 bits per heavy atom. The molecular weight excluding hydrogens is 216 g/mol. The van der Waals surface area contributed by atoms with Gasteiger partial charge in [-0.1, -0.05) is 32.8 Å². The lowest BCUT2D eigenvalue weighted by Gasteiger charge is -2.35. The molecule has 0 bridgehead atoms. The van der Waals surface area contributed by atoms with Crippen LogP contribution in [0.25, 0.3) is 0 Å². The van der Waals surface area contributed by atoms with Crippen LogP contribution in [0.15, 0.2) is 17.5 Å². The summed E-state index contributed by atoms with van der Waals surface area (Å²) in [7, 11) is 0. The molecule has 2 rings (SSSR count). The minimum absolute atomic E-state index is 0.166. The van der Waals surface area contributed by atoms with Crippen LogP contribution in [-0.2, 0) is 0 Å². The predicted octanol–water partition coefficient (Wildman–Crippen LogP) is 4.39. The molecule has 1 N–H and O–H groups in total. The Kier molecular flexibility index (Phi) is 3.70. The second kappa shape index (κ2) is 4.89. The van der Waals surface area contributed by atoms with Crippen molar-refractivity contribution in [3.05, 3.63) is 22.4 Å². The van der Waals surface area contributed by atoms with Crippen LogP contribution in [0.4, 0.5) is 0 Å². The lowest BCUT2D eigenvalue weighted by atomic mass is 9.73. The van der Waals surface area contributed by atoms with Crippen molar-refractivity contribution in [2.45, 2.75) is 52.1 Å². The maximum atomic E-state index is 10.6. The molecule has 1 fully saturated rings. The Morgan fingerprint density at radius 1 is 1.38 bits per heavy atom. The Balaban J connectivity index is 2.18. The van der Waals surface area contributed by atoms with Gasteiger partial charge in [-0.05, 0) is 36.6 Å². The zero-order chi connectivity index (χ0) is 11.6. The number of hydrogen-bond donors (Lipinski definition) is 1. The van der Waals surface area contributed by atoms with E-state index in [2.05, 4.69) is 25.3 Å². The van der Waals surface area contributed by atoms with E-state index < -0.39 is 0 Å². The van der Waals surface area contributed by atoms with Gasteiger partial charge in [-0.2, -0.15) is 0 Å². The predicted molar refractivity (Wildman–Crippen MR) is 69.6 cm³/mol. The van der Waals surface area contributed by atoms with Gasteiger partial charge < -0.3 is 5.11 Å². The Bertz CT molecular complexity index is 309. The van der Waals surface area contributed by atoms with Crippen LogP contribution in [0, 0.1) is 11.3 Å². The fourth-order valence-corrected chi connectivity index (χ4v) is 4.08. The van der Waals surface area contributed by atoms with Crippen molar-refractivity contribution in [2.24, 2.45) is 11.3 Å². The van der Waals surface area contributed by atoms with Crippen LogP contribution in [0.5, 0.6) is 0 Å². The van der Waals surface area contributed by atoms with Gasteiger partial charge >= 0.3 is 0 Å². The second-order valence-electron chi connectivity index (χ2n) is 5.59. The highest BCUT2D eigenvalue weighted by atomic mass is 32.1. The van der Waals surface area contributed by atoms with Crippen LogP contribution >= 0.6 is 11.3 Å². The average Bonchev–Trinajstić information content (AvgIpc) is 2.85. The van der Waals surface area contributed by atoms with Crippen molar-refractivity contribution in [3.8, 4) is 0 Å². The molecule has 0 aliphatic heterocycles. The molecule has 1 unspecified atom stereocenters. The summed E-state index contributed by atoms with van der Waals surface area (Å²) < 4.78 is 0. The molecule has 1 aliphatic carbocycles. The first-order valence-electron chi connectivity index (χ1n) is 6.35. The number of thiophene rings is 1. The van der Waals surface area contributed by atoms with E-state index in [-0.39, 0.29) is 11.5 Å². The molecule has 0 spiro atoms. The summed E-state index contributed by atoms with van der Waals surface area (Å²) in [5.41, 5.74) is 0.166. The van der Waals surface area contributed by atoms with E-state index in [0.717, 1.165) is 11.3 Å². The SMILES string of the molecule is CC(C)CC1(C(O)c2cccs2)CCCC1. The molecule has 0 amide bonds. The summed E-state index contributed by atoms with van der Waals surface area (Å²) in [6, 6.07) is 4.12. The van der Waals surface area contributed by atoms with Gasteiger partial charge in [0.25, 0.3) is 0 Å². The summed E-state index contributed by atoms with van der Waals surface area (Å²) in [6.07, 6.45) is 5.89. The van der Waals surface area contributed by atoms with Crippen LogP contribution in [0.3, 0.4) is 0 Å². The largest absolute Gasteiger partial charge is 0.387 e. The third-order valence-electron chi connectivity index (χ3n) is 3.81. The average molecular weight is 238 g/mol. The van der Waals surface area contributed by atoms with E-state index in [9.17, 15) is 5.11 Å². The molecule has 0 aromatic carbocycles. The zero-order valence-electron chi connectivity index (χ0n) is 10.3.